The summed E-state index contributed by atoms with van der Waals surface area (Å²) in [4.78, 5) is 21.5. The van der Waals surface area contributed by atoms with Crippen molar-refractivity contribution in [2.45, 2.75) is 18.9 Å². The van der Waals surface area contributed by atoms with Crippen LogP contribution in [0.15, 0.2) is 18.2 Å². The first-order chi connectivity index (χ1) is 9.08. The van der Waals surface area contributed by atoms with Crippen LogP contribution in [0.1, 0.15) is 23.2 Å². The summed E-state index contributed by atoms with van der Waals surface area (Å²) in [7, 11) is 0. The quantitative estimate of drug-likeness (QED) is 0.667. The lowest BCUT2D eigenvalue weighted by atomic mass is 10.1. The van der Waals surface area contributed by atoms with E-state index in [2.05, 4.69) is 5.32 Å². The molecule has 1 saturated heterocycles. The van der Waals surface area contributed by atoms with Crippen molar-refractivity contribution in [2.24, 2.45) is 0 Å². The topological polar surface area (TPSA) is 81.5 Å². The van der Waals surface area contributed by atoms with Gasteiger partial charge in [0.2, 0.25) is 5.82 Å². The fraction of sp³-hybridized carbons (Fsp3) is 0.417. The number of carbonyl (C=O) groups is 1. The molecule has 1 aliphatic rings. The van der Waals surface area contributed by atoms with E-state index in [-0.39, 0.29) is 11.6 Å². The molecule has 0 spiro atoms. The number of nitro groups is 1. The molecule has 0 saturated carbocycles. The number of benzene rings is 1. The highest BCUT2D eigenvalue weighted by Gasteiger charge is 2.20. The molecule has 1 unspecified atom stereocenters. The number of ether oxygens (including phenoxy) is 1. The summed E-state index contributed by atoms with van der Waals surface area (Å²) in [5, 5.41) is 13.2. The van der Waals surface area contributed by atoms with Gasteiger partial charge < -0.3 is 10.1 Å². The number of nitrogens with zero attached hydrogens (tertiary/aromatic N) is 1. The molecule has 6 nitrogen and oxygen atoms in total. The number of hydrogen-bond donors (Lipinski definition) is 1. The third-order valence-corrected chi connectivity index (χ3v) is 2.90. The van der Waals surface area contributed by atoms with Crippen molar-refractivity contribution in [3.8, 4) is 0 Å². The smallest absolute Gasteiger partial charge is 0.304 e. The van der Waals surface area contributed by atoms with Crippen LogP contribution in [0.3, 0.4) is 0 Å². The molecular weight excluding hydrogens is 255 g/mol. The highest BCUT2D eigenvalue weighted by atomic mass is 19.1. The highest BCUT2D eigenvalue weighted by Crippen LogP contribution is 2.18. The van der Waals surface area contributed by atoms with E-state index < -0.39 is 22.3 Å². The van der Waals surface area contributed by atoms with Gasteiger partial charge in [0.05, 0.1) is 17.6 Å². The molecule has 102 valence electrons. The molecule has 7 heteroatoms. The molecule has 0 bridgehead atoms. The Kier molecular flexibility index (Phi) is 4.06. The number of nitro benzene ring substituents is 1. The molecule has 1 aromatic rings. The average Bonchev–Trinajstić information content (AvgIpc) is 2.39. The van der Waals surface area contributed by atoms with Crippen LogP contribution in [-0.2, 0) is 4.74 Å². The van der Waals surface area contributed by atoms with Gasteiger partial charge in [-0.25, -0.2) is 0 Å². The van der Waals surface area contributed by atoms with Gasteiger partial charge in [-0.1, -0.05) is 0 Å². The van der Waals surface area contributed by atoms with E-state index in [4.69, 9.17) is 4.74 Å². The molecule has 19 heavy (non-hydrogen) atoms. The van der Waals surface area contributed by atoms with Crippen molar-refractivity contribution in [3.63, 3.8) is 0 Å². The fourth-order valence-corrected chi connectivity index (χ4v) is 1.92. The van der Waals surface area contributed by atoms with Crippen LogP contribution in [-0.4, -0.2) is 30.1 Å². The Labute approximate surface area is 108 Å². The van der Waals surface area contributed by atoms with Crippen molar-refractivity contribution >= 4 is 11.6 Å². The lowest BCUT2D eigenvalue weighted by Gasteiger charge is -2.23. The van der Waals surface area contributed by atoms with Crippen LogP contribution in [0.4, 0.5) is 10.1 Å². The van der Waals surface area contributed by atoms with Gasteiger partial charge in [0, 0.05) is 18.2 Å². The maximum atomic E-state index is 13.4. The average molecular weight is 268 g/mol. The van der Waals surface area contributed by atoms with E-state index in [0.29, 0.717) is 13.2 Å². The minimum atomic E-state index is -1.02. The Morgan fingerprint density at radius 1 is 1.53 bits per heavy atom. The molecule has 0 aliphatic carbocycles. The van der Waals surface area contributed by atoms with Crippen molar-refractivity contribution < 1.29 is 18.8 Å². The van der Waals surface area contributed by atoms with Crippen molar-refractivity contribution in [3.05, 3.63) is 39.7 Å². The number of hydrogen-bond acceptors (Lipinski definition) is 4. The summed E-state index contributed by atoms with van der Waals surface area (Å²) in [6.07, 6.45) is 1.67. The van der Waals surface area contributed by atoms with E-state index >= 15 is 0 Å². The van der Waals surface area contributed by atoms with Crippen LogP contribution in [0.5, 0.6) is 0 Å². The van der Waals surface area contributed by atoms with Crippen molar-refractivity contribution in [1.82, 2.24) is 5.32 Å². The molecule has 1 heterocycles. The van der Waals surface area contributed by atoms with Crippen LogP contribution >= 0.6 is 0 Å². The first kappa shape index (κ1) is 13.4. The van der Waals surface area contributed by atoms with E-state index in [1.807, 2.05) is 0 Å². The molecule has 2 rings (SSSR count). The van der Waals surface area contributed by atoms with Gasteiger partial charge in [-0.3, -0.25) is 14.9 Å². The molecule has 1 amide bonds. The summed E-state index contributed by atoms with van der Waals surface area (Å²) in [6.45, 7) is 1.11. The van der Waals surface area contributed by atoms with Gasteiger partial charge in [-0.2, -0.15) is 4.39 Å². The Morgan fingerprint density at radius 3 is 2.89 bits per heavy atom. The van der Waals surface area contributed by atoms with Gasteiger partial charge in [0.15, 0.2) is 0 Å². The highest BCUT2D eigenvalue weighted by molar-refractivity contribution is 5.94. The predicted octanol–water partition coefficient (Wildman–Crippen LogP) is 1.64. The monoisotopic (exact) mass is 268 g/mol. The predicted molar refractivity (Wildman–Crippen MR) is 64.4 cm³/mol. The summed E-state index contributed by atoms with van der Waals surface area (Å²) in [6, 6.07) is 3.00. The second-order valence-electron chi connectivity index (χ2n) is 4.31. The Morgan fingerprint density at radius 2 is 2.32 bits per heavy atom. The molecular formula is C12H13FN2O4. The van der Waals surface area contributed by atoms with Gasteiger partial charge in [0.1, 0.15) is 0 Å². The van der Waals surface area contributed by atoms with Gasteiger partial charge in [-0.15, -0.1) is 0 Å². The Bertz CT molecular complexity index is 501. The molecule has 0 radical (unpaired) electrons. The molecule has 1 N–H and O–H groups in total. The lowest BCUT2D eigenvalue weighted by molar-refractivity contribution is -0.387. The number of halogens is 1. The summed E-state index contributed by atoms with van der Waals surface area (Å²) < 4.78 is 18.6. The van der Waals surface area contributed by atoms with Crippen LogP contribution < -0.4 is 5.32 Å². The number of nitrogens with one attached hydrogen (secondary N) is 1. The Hall–Kier alpha value is -2.02. The van der Waals surface area contributed by atoms with Crippen LogP contribution in [0.2, 0.25) is 0 Å². The van der Waals surface area contributed by atoms with E-state index in [9.17, 15) is 19.3 Å². The first-order valence-electron chi connectivity index (χ1n) is 5.90. The van der Waals surface area contributed by atoms with Gasteiger partial charge >= 0.3 is 5.69 Å². The largest absolute Gasteiger partial charge is 0.379 e. The summed E-state index contributed by atoms with van der Waals surface area (Å²) >= 11 is 0. The molecule has 1 aromatic carbocycles. The maximum Gasteiger partial charge on any atom is 0.304 e. The molecule has 1 atom stereocenters. The number of rotatable bonds is 3. The summed E-state index contributed by atoms with van der Waals surface area (Å²) in [5.74, 6) is -1.47. The minimum absolute atomic E-state index is 0.0636. The van der Waals surface area contributed by atoms with Crippen LogP contribution in [0, 0.1) is 15.9 Å². The zero-order valence-electron chi connectivity index (χ0n) is 10.1. The molecule has 1 fully saturated rings. The zero-order valence-corrected chi connectivity index (χ0v) is 10.1. The number of carbonyl (C=O) groups excluding carboxylic acids is 1. The molecule has 1 aliphatic heterocycles. The van der Waals surface area contributed by atoms with E-state index in [1.54, 1.807) is 0 Å². The van der Waals surface area contributed by atoms with Crippen molar-refractivity contribution in [1.29, 1.82) is 0 Å². The molecule has 0 aromatic heterocycles. The fourth-order valence-electron chi connectivity index (χ4n) is 1.92. The lowest BCUT2D eigenvalue weighted by Crippen LogP contribution is -2.40. The third kappa shape index (κ3) is 3.25. The van der Waals surface area contributed by atoms with E-state index in [0.717, 1.165) is 25.0 Å². The SMILES string of the molecule is O=C(NC1CCCOC1)c1ccc([N+](=O)[O-])c(F)c1. The van der Waals surface area contributed by atoms with Crippen molar-refractivity contribution in [2.75, 3.05) is 13.2 Å². The van der Waals surface area contributed by atoms with Gasteiger partial charge in [0.25, 0.3) is 5.91 Å². The van der Waals surface area contributed by atoms with Gasteiger partial charge in [-0.05, 0) is 25.0 Å². The zero-order chi connectivity index (χ0) is 13.8. The van der Waals surface area contributed by atoms with Crippen LogP contribution in [0.25, 0.3) is 0 Å². The first-order valence-corrected chi connectivity index (χ1v) is 5.90. The second kappa shape index (κ2) is 5.75. The minimum Gasteiger partial charge on any atom is -0.379 e. The van der Waals surface area contributed by atoms with E-state index in [1.165, 1.54) is 6.07 Å². The summed E-state index contributed by atoms with van der Waals surface area (Å²) in [5.41, 5.74) is -0.578. The Balaban J connectivity index is 2.06. The number of amides is 1. The third-order valence-electron chi connectivity index (χ3n) is 2.90. The second-order valence-corrected chi connectivity index (χ2v) is 4.31. The maximum absolute atomic E-state index is 13.4. The normalized spacial score (nSPS) is 18.9. The standard InChI is InChI=1S/C12H13FN2O4/c13-10-6-8(3-4-11(10)15(17)18)12(16)14-9-2-1-5-19-7-9/h3-4,6,9H,1-2,5,7H2,(H,14,16).